The van der Waals surface area contributed by atoms with E-state index in [0.717, 1.165) is 21.8 Å². The number of benzene rings is 2. The van der Waals surface area contributed by atoms with Crippen LogP contribution < -0.4 is 0 Å². The first-order chi connectivity index (χ1) is 10.3. The molecule has 4 nitrogen and oxygen atoms in total. The molecule has 0 saturated carbocycles. The van der Waals surface area contributed by atoms with E-state index in [9.17, 15) is 0 Å². The fourth-order valence-corrected chi connectivity index (χ4v) is 2.06. The number of rotatable bonds is 4. The van der Waals surface area contributed by atoms with Gasteiger partial charge in [-0.2, -0.15) is 5.10 Å². The summed E-state index contributed by atoms with van der Waals surface area (Å²) in [5.74, 6) is 0. The first-order valence-electron chi connectivity index (χ1n) is 6.50. The van der Waals surface area contributed by atoms with Gasteiger partial charge in [-0.3, -0.25) is 4.99 Å². The van der Waals surface area contributed by atoms with Crippen molar-refractivity contribution in [2.75, 3.05) is 0 Å². The fourth-order valence-electron chi connectivity index (χ4n) is 1.93. The summed E-state index contributed by atoms with van der Waals surface area (Å²) in [6.07, 6.45) is 5.05. The van der Waals surface area contributed by atoms with E-state index in [-0.39, 0.29) is 0 Å². The van der Waals surface area contributed by atoms with Crippen molar-refractivity contribution in [2.24, 2.45) is 4.99 Å². The number of nitrogens with zero attached hydrogens (tertiary/aromatic N) is 4. The summed E-state index contributed by atoms with van der Waals surface area (Å²) in [7, 11) is 0. The molecule has 0 amide bonds. The van der Waals surface area contributed by atoms with Gasteiger partial charge >= 0.3 is 0 Å². The summed E-state index contributed by atoms with van der Waals surface area (Å²) in [6.45, 7) is 0.685. The predicted octanol–water partition coefficient (Wildman–Crippen LogP) is 3.73. The number of hydrogen-bond acceptors (Lipinski definition) is 3. The van der Waals surface area contributed by atoms with Gasteiger partial charge in [-0.15, -0.1) is 0 Å². The van der Waals surface area contributed by atoms with Crippen LogP contribution in [0.5, 0.6) is 0 Å². The Morgan fingerprint density at radius 3 is 2.76 bits per heavy atom. The van der Waals surface area contributed by atoms with Gasteiger partial charge in [0.25, 0.3) is 0 Å². The lowest BCUT2D eigenvalue weighted by molar-refractivity contribution is 0.685. The molecule has 104 valence electrons. The first kappa shape index (κ1) is 13.5. The molecule has 1 heterocycles. The van der Waals surface area contributed by atoms with Gasteiger partial charge in [-0.05, 0) is 35.4 Å². The highest BCUT2D eigenvalue weighted by Crippen LogP contribution is 2.15. The average molecular weight is 297 g/mol. The van der Waals surface area contributed by atoms with Crippen molar-refractivity contribution >= 4 is 23.5 Å². The second kappa shape index (κ2) is 6.33. The summed E-state index contributed by atoms with van der Waals surface area (Å²) in [6, 6.07) is 15.6. The normalized spacial score (nSPS) is 11.1. The number of hydrogen-bond donors (Lipinski definition) is 0. The smallest absolute Gasteiger partial charge is 0.137 e. The highest BCUT2D eigenvalue weighted by Gasteiger charge is 1.97. The van der Waals surface area contributed by atoms with Crippen LogP contribution in [0.4, 0.5) is 5.69 Å². The van der Waals surface area contributed by atoms with E-state index in [1.54, 1.807) is 11.0 Å². The minimum Gasteiger partial charge on any atom is -0.256 e. The van der Waals surface area contributed by atoms with Crippen LogP contribution in [-0.2, 0) is 6.54 Å². The molecule has 0 atom stereocenters. The summed E-state index contributed by atoms with van der Waals surface area (Å²) in [5, 5.41) is 4.82. The maximum Gasteiger partial charge on any atom is 0.137 e. The van der Waals surface area contributed by atoms with Crippen LogP contribution in [0.2, 0.25) is 5.02 Å². The zero-order valence-corrected chi connectivity index (χ0v) is 12.0. The summed E-state index contributed by atoms with van der Waals surface area (Å²) >= 11 is 5.86. The van der Waals surface area contributed by atoms with E-state index in [0.29, 0.717) is 6.54 Å². The van der Waals surface area contributed by atoms with Crippen LogP contribution in [0.25, 0.3) is 0 Å². The number of aliphatic imine (C=N–C) groups is 1. The predicted molar refractivity (Wildman–Crippen MR) is 84.3 cm³/mol. The topological polar surface area (TPSA) is 43.1 Å². The Balaban J connectivity index is 1.75. The minimum atomic E-state index is 0.685. The largest absolute Gasteiger partial charge is 0.256 e. The molecule has 0 unspecified atom stereocenters. The van der Waals surface area contributed by atoms with E-state index in [1.807, 2.05) is 54.7 Å². The quantitative estimate of drug-likeness (QED) is 0.689. The molecule has 0 fully saturated rings. The van der Waals surface area contributed by atoms with Crippen molar-refractivity contribution in [3.05, 3.63) is 77.3 Å². The first-order valence-corrected chi connectivity index (χ1v) is 6.88. The maximum absolute atomic E-state index is 5.86. The van der Waals surface area contributed by atoms with Gasteiger partial charge in [0.2, 0.25) is 0 Å². The molecule has 1 aromatic heterocycles. The van der Waals surface area contributed by atoms with Gasteiger partial charge in [0.05, 0.1) is 12.2 Å². The average Bonchev–Trinajstić information content (AvgIpc) is 3.00. The summed E-state index contributed by atoms with van der Waals surface area (Å²) < 4.78 is 1.78. The fraction of sp³-hybridized carbons (Fsp3) is 0.0625. The van der Waals surface area contributed by atoms with Crippen LogP contribution in [-0.4, -0.2) is 21.0 Å². The number of aromatic nitrogens is 3. The second-order valence-electron chi connectivity index (χ2n) is 4.57. The monoisotopic (exact) mass is 296 g/mol. The minimum absolute atomic E-state index is 0.685. The molecule has 0 aliphatic carbocycles. The van der Waals surface area contributed by atoms with E-state index in [1.165, 1.54) is 6.33 Å². The van der Waals surface area contributed by atoms with Crippen LogP contribution in [0.1, 0.15) is 11.1 Å². The van der Waals surface area contributed by atoms with Crippen LogP contribution in [0.3, 0.4) is 0 Å². The molecule has 0 radical (unpaired) electrons. The zero-order chi connectivity index (χ0) is 14.5. The van der Waals surface area contributed by atoms with Gasteiger partial charge in [0.1, 0.15) is 12.7 Å². The van der Waals surface area contributed by atoms with Crippen LogP contribution in [0.15, 0.2) is 66.2 Å². The van der Waals surface area contributed by atoms with Crippen molar-refractivity contribution in [1.82, 2.24) is 14.8 Å². The van der Waals surface area contributed by atoms with E-state index in [4.69, 9.17) is 11.6 Å². The van der Waals surface area contributed by atoms with Crippen molar-refractivity contribution in [1.29, 1.82) is 0 Å². The van der Waals surface area contributed by atoms with E-state index in [2.05, 4.69) is 15.1 Å². The van der Waals surface area contributed by atoms with Crippen molar-refractivity contribution in [3.8, 4) is 0 Å². The van der Waals surface area contributed by atoms with Crippen LogP contribution in [0, 0.1) is 0 Å². The third-order valence-corrected chi connectivity index (χ3v) is 3.21. The molecule has 5 heteroatoms. The van der Waals surface area contributed by atoms with Gasteiger partial charge in [0.15, 0.2) is 0 Å². The molecule has 0 aliphatic rings. The Labute approximate surface area is 127 Å². The van der Waals surface area contributed by atoms with Crippen molar-refractivity contribution in [3.63, 3.8) is 0 Å². The van der Waals surface area contributed by atoms with Crippen molar-refractivity contribution in [2.45, 2.75) is 6.54 Å². The lowest BCUT2D eigenvalue weighted by Crippen LogP contribution is -1.99. The van der Waals surface area contributed by atoms with E-state index >= 15 is 0 Å². The standard InChI is InChI=1S/C16H13ClN4/c17-15-6-4-13(5-7-15)9-19-16-3-1-2-14(8-16)10-21-12-18-11-20-21/h1-9,11-12H,10H2. The molecule has 2 aromatic carbocycles. The Bertz CT molecular complexity index is 733. The Kier molecular flexibility index (Phi) is 4.07. The summed E-state index contributed by atoms with van der Waals surface area (Å²) in [4.78, 5) is 8.42. The second-order valence-corrected chi connectivity index (χ2v) is 5.01. The molecule has 0 saturated heterocycles. The van der Waals surface area contributed by atoms with Gasteiger partial charge < -0.3 is 0 Å². The lowest BCUT2D eigenvalue weighted by Gasteiger charge is -2.02. The molecular formula is C16H13ClN4. The lowest BCUT2D eigenvalue weighted by atomic mass is 10.2. The molecule has 0 spiro atoms. The summed E-state index contributed by atoms with van der Waals surface area (Å²) in [5.41, 5.74) is 3.05. The molecular weight excluding hydrogens is 284 g/mol. The highest BCUT2D eigenvalue weighted by molar-refractivity contribution is 6.30. The maximum atomic E-state index is 5.86. The zero-order valence-electron chi connectivity index (χ0n) is 11.2. The molecule has 21 heavy (non-hydrogen) atoms. The third-order valence-electron chi connectivity index (χ3n) is 2.95. The van der Waals surface area contributed by atoms with Crippen molar-refractivity contribution < 1.29 is 0 Å². The SMILES string of the molecule is Clc1ccc(C=Nc2cccc(Cn3cncn3)c2)cc1. The Morgan fingerprint density at radius 1 is 1.14 bits per heavy atom. The van der Waals surface area contributed by atoms with Crippen LogP contribution >= 0.6 is 11.6 Å². The molecule has 0 N–H and O–H groups in total. The Morgan fingerprint density at radius 2 is 2.00 bits per heavy atom. The van der Waals surface area contributed by atoms with Gasteiger partial charge in [-0.25, -0.2) is 9.67 Å². The Hall–Kier alpha value is -2.46. The third kappa shape index (κ3) is 3.77. The highest BCUT2D eigenvalue weighted by atomic mass is 35.5. The molecule has 0 aliphatic heterocycles. The molecule has 0 bridgehead atoms. The molecule has 3 aromatic rings. The van der Waals surface area contributed by atoms with E-state index < -0.39 is 0 Å². The van der Waals surface area contributed by atoms with Gasteiger partial charge in [0, 0.05) is 11.2 Å². The molecule has 3 rings (SSSR count). The van der Waals surface area contributed by atoms with Gasteiger partial charge in [-0.1, -0.05) is 35.9 Å². The number of halogens is 1.